The minimum Gasteiger partial charge on any atom is -0.393 e. The Kier molecular flexibility index (Phi) is 11.0. The van der Waals surface area contributed by atoms with Crippen LogP contribution in [-0.4, -0.2) is 11.9 Å². The molecule has 0 aromatic rings. The zero-order valence-corrected chi connectivity index (χ0v) is 15.3. The lowest BCUT2D eigenvalue weighted by Crippen LogP contribution is -2.18. The number of rotatable bonds is 14. The summed E-state index contributed by atoms with van der Waals surface area (Å²) < 4.78 is 4.90. The van der Waals surface area contributed by atoms with Crippen LogP contribution in [-0.2, 0) is 14.3 Å². The van der Waals surface area contributed by atoms with E-state index in [1.807, 2.05) is 0 Å². The van der Waals surface area contributed by atoms with Crippen molar-refractivity contribution in [3.63, 3.8) is 0 Å². The van der Waals surface area contributed by atoms with Crippen molar-refractivity contribution < 1.29 is 14.3 Å². The maximum absolute atomic E-state index is 11.9. The van der Waals surface area contributed by atoms with Crippen LogP contribution in [0.1, 0.15) is 104 Å². The maximum atomic E-state index is 11.9. The predicted octanol–water partition coefficient (Wildman–Crippen LogP) is 5.80. The minimum atomic E-state index is -0.264. The van der Waals surface area contributed by atoms with Crippen LogP contribution in [0, 0.1) is 11.8 Å². The molecule has 3 heteroatoms. The van der Waals surface area contributed by atoms with Crippen molar-refractivity contribution >= 4 is 11.9 Å². The lowest BCUT2D eigenvalue weighted by molar-refractivity contribution is -0.153. The molecule has 0 bridgehead atoms. The van der Waals surface area contributed by atoms with Crippen molar-refractivity contribution in [1.82, 2.24) is 0 Å². The molecule has 1 aliphatic heterocycles. The predicted molar refractivity (Wildman–Crippen MR) is 94.1 cm³/mol. The molecule has 1 aliphatic rings. The van der Waals surface area contributed by atoms with Gasteiger partial charge < -0.3 is 4.74 Å². The third-order valence-corrected chi connectivity index (χ3v) is 5.03. The molecule has 2 unspecified atom stereocenters. The van der Waals surface area contributed by atoms with E-state index in [-0.39, 0.29) is 23.8 Å². The first-order valence-corrected chi connectivity index (χ1v) is 9.96. The lowest BCUT2D eigenvalue weighted by atomic mass is 9.86. The molecule has 1 fully saturated rings. The van der Waals surface area contributed by atoms with Crippen LogP contribution in [0.15, 0.2) is 0 Å². The molecular weight excluding hydrogens is 288 g/mol. The Bertz CT molecular complexity index is 306. The Morgan fingerprint density at radius 2 is 0.957 bits per heavy atom. The van der Waals surface area contributed by atoms with Crippen molar-refractivity contribution in [2.24, 2.45) is 11.8 Å². The Morgan fingerprint density at radius 3 is 1.35 bits per heavy atom. The summed E-state index contributed by atoms with van der Waals surface area (Å²) in [6, 6.07) is 0. The highest BCUT2D eigenvalue weighted by atomic mass is 16.6. The SMILES string of the molecule is CCCCCCCCC1C(=O)OC(=O)C1CCCCCCCC. The number of ether oxygens (including phenoxy) is 1. The lowest BCUT2D eigenvalue weighted by Gasteiger charge is -2.13. The van der Waals surface area contributed by atoms with Crippen molar-refractivity contribution in [3.05, 3.63) is 0 Å². The van der Waals surface area contributed by atoms with Gasteiger partial charge in [-0.15, -0.1) is 0 Å². The summed E-state index contributed by atoms with van der Waals surface area (Å²) >= 11 is 0. The number of unbranched alkanes of at least 4 members (excludes halogenated alkanes) is 10. The smallest absolute Gasteiger partial charge is 0.317 e. The standard InChI is InChI=1S/C20H36O3/c1-3-5-7-9-11-13-15-17-18(20(22)23-19(17)21)16-14-12-10-8-6-4-2/h17-18H,3-16H2,1-2H3. The molecule has 0 aromatic heterocycles. The van der Waals surface area contributed by atoms with Gasteiger partial charge in [0.2, 0.25) is 0 Å². The molecule has 0 aromatic carbocycles. The monoisotopic (exact) mass is 324 g/mol. The molecule has 134 valence electrons. The molecule has 0 spiro atoms. The molecule has 0 N–H and O–H groups in total. The second-order valence-electron chi connectivity index (χ2n) is 7.07. The fourth-order valence-corrected chi connectivity index (χ4v) is 3.51. The van der Waals surface area contributed by atoms with Gasteiger partial charge in [-0.2, -0.15) is 0 Å². The Labute approximate surface area is 142 Å². The van der Waals surface area contributed by atoms with Gasteiger partial charge in [-0.1, -0.05) is 90.9 Å². The van der Waals surface area contributed by atoms with E-state index in [0.717, 1.165) is 25.7 Å². The molecule has 1 heterocycles. The third kappa shape index (κ3) is 7.99. The summed E-state index contributed by atoms with van der Waals surface area (Å²) in [6.07, 6.45) is 16.2. The van der Waals surface area contributed by atoms with E-state index in [2.05, 4.69) is 13.8 Å². The van der Waals surface area contributed by atoms with E-state index in [9.17, 15) is 9.59 Å². The van der Waals surface area contributed by atoms with Crippen LogP contribution in [0.2, 0.25) is 0 Å². The largest absolute Gasteiger partial charge is 0.393 e. The van der Waals surface area contributed by atoms with Crippen molar-refractivity contribution in [3.8, 4) is 0 Å². The summed E-state index contributed by atoms with van der Waals surface area (Å²) in [5.74, 6) is -0.854. The molecule has 0 aliphatic carbocycles. The molecule has 0 saturated carbocycles. The molecule has 2 atom stereocenters. The number of esters is 2. The minimum absolute atomic E-state index is 0.163. The van der Waals surface area contributed by atoms with Gasteiger partial charge in [-0.25, -0.2) is 0 Å². The van der Waals surface area contributed by atoms with Crippen molar-refractivity contribution in [1.29, 1.82) is 0 Å². The highest BCUT2D eigenvalue weighted by Crippen LogP contribution is 2.32. The molecular formula is C20H36O3. The molecule has 3 nitrogen and oxygen atoms in total. The van der Waals surface area contributed by atoms with Gasteiger partial charge in [-0.05, 0) is 12.8 Å². The third-order valence-electron chi connectivity index (χ3n) is 5.03. The van der Waals surface area contributed by atoms with Gasteiger partial charge in [0.05, 0.1) is 11.8 Å². The van der Waals surface area contributed by atoms with E-state index >= 15 is 0 Å². The van der Waals surface area contributed by atoms with E-state index in [1.54, 1.807) is 0 Å². The summed E-state index contributed by atoms with van der Waals surface area (Å²) in [6.45, 7) is 4.43. The van der Waals surface area contributed by atoms with E-state index in [0.29, 0.717) is 0 Å². The average Bonchev–Trinajstić information content (AvgIpc) is 2.80. The zero-order valence-electron chi connectivity index (χ0n) is 15.3. The van der Waals surface area contributed by atoms with Gasteiger partial charge in [0.1, 0.15) is 0 Å². The van der Waals surface area contributed by atoms with Crippen LogP contribution in [0.3, 0.4) is 0 Å². The van der Waals surface area contributed by atoms with E-state index < -0.39 is 0 Å². The zero-order chi connectivity index (χ0) is 16.9. The molecule has 23 heavy (non-hydrogen) atoms. The average molecular weight is 325 g/mol. The molecule has 1 rings (SSSR count). The Hall–Kier alpha value is -0.860. The number of carbonyl (C=O) groups is 2. The van der Waals surface area contributed by atoms with Crippen LogP contribution in [0.5, 0.6) is 0 Å². The normalized spacial score (nSPS) is 21.0. The number of carbonyl (C=O) groups excluding carboxylic acids is 2. The first-order chi connectivity index (χ1) is 11.2. The van der Waals surface area contributed by atoms with Crippen molar-refractivity contribution in [2.45, 2.75) is 104 Å². The summed E-state index contributed by atoms with van der Waals surface area (Å²) in [5.41, 5.74) is 0. The molecule has 0 radical (unpaired) electrons. The number of hydrogen-bond acceptors (Lipinski definition) is 3. The van der Waals surface area contributed by atoms with E-state index in [4.69, 9.17) is 4.74 Å². The van der Waals surface area contributed by atoms with Gasteiger partial charge >= 0.3 is 11.9 Å². The second kappa shape index (κ2) is 12.5. The van der Waals surface area contributed by atoms with Gasteiger partial charge in [0, 0.05) is 0 Å². The topological polar surface area (TPSA) is 43.4 Å². The maximum Gasteiger partial charge on any atom is 0.317 e. The number of hydrogen-bond donors (Lipinski definition) is 0. The first-order valence-electron chi connectivity index (χ1n) is 9.96. The second-order valence-corrected chi connectivity index (χ2v) is 7.07. The van der Waals surface area contributed by atoms with Gasteiger partial charge in [-0.3, -0.25) is 9.59 Å². The van der Waals surface area contributed by atoms with Gasteiger partial charge in [0.25, 0.3) is 0 Å². The molecule has 0 amide bonds. The summed E-state index contributed by atoms with van der Waals surface area (Å²) in [4.78, 5) is 23.8. The Balaban J connectivity index is 2.22. The molecule has 1 saturated heterocycles. The van der Waals surface area contributed by atoms with Crippen LogP contribution >= 0.6 is 0 Å². The van der Waals surface area contributed by atoms with Crippen LogP contribution < -0.4 is 0 Å². The highest BCUT2D eigenvalue weighted by Gasteiger charge is 2.42. The van der Waals surface area contributed by atoms with Crippen LogP contribution in [0.25, 0.3) is 0 Å². The summed E-state index contributed by atoms with van der Waals surface area (Å²) in [7, 11) is 0. The number of cyclic esters (lactones) is 2. The Morgan fingerprint density at radius 1 is 0.609 bits per heavy atom. The van der Waals surface area contributed by atoms with E-state index in [1.165, 1.54) is 64.2 Å². The quantitative estimate of drug-likeness (QED) is 0.230. The fraction of sp³-hybridized carbons (Fsp3) is 0.900. The highest BCUT2D eigenvalue weighted by molar-refractivity contribution is 5.96. The first kappa shape index (κ1) is 20.2. The van der Waals surface area contributed by atoms with Crippen molar-refractivity contribution in [2.75, 3.05) is 0 Å². The van der Waals surface area contributed by atoms with Crippen LogP contribution in [0.4, 0.5) is 0 Å². The summed E-state index contributed by atoms with van der Waals surface area (Å²) in [5, 5.41) is 0. The van der Waals surface area contributed by atoms with Gasteiger partial charge in [0.15, 0.2) is 0 Å². The fourth-order valence-electron chi connectivity index (χ4n) is 3.51.